The smallest absolute Gasteiger partial charge is 0.243 e. The average Bonchev–Trinajstić information content (AvgIpc) is 2.79. The fourth-order valence-electron chi connectivity index (χ4n) is 2.05. The third-order valence-electron chi connectivity index (χ3n) is 2.95. The van der Waals surface area contributed by atoms with Crippen molar-refractivity contribution in [2.75, 3.05) is 6.54 Å². The molecule has 0 radical (unpaired) electrons. The van der Waals surface area contributed by atoms with Gasteiger partial charge in [-0.15, -0.1) is 0 Å². The Bertz CT molecular complexity index is 556. The molecule has 98 valence electrons. The molecule has 18 heavy (non-hydrogen) atoms. The van der Waals surface area contributed by atoms with Gasteiger partial charge in [0.1, 0.15) is 6.04 Å². The van der Waals surface area contributed by atoms with Crippen molar-refractivity contribution in [3.63, 3.8) is 0 Å². The topological polar surface area (TPSA) is 80.5 Å². The van der Waals surface area contributed by atoms with Crippen LogP contribution in [0, 0.1) is 0 Å². The molecule has 7 heteroatoms. The maximum atomic E-state index is 12.3. The van der Waals surface area contributed by atoms with Gasteiger partial charge in [0, 0.05) is 11.6 Å². The summed E-state index contributed by atoms with van der Waals surface area (Å²) in [5.41, 5.74) is 5.22. The molecule has 1 aliphatic rings. The van der Waals surface area contributed by atoms with Gasteiger partial charge < -0.3 is 5.73 Å². The van der Waals surface area contributed by atoms with Crippen molar-refractivity contribution in [2.45, 2.75) is 23.8 Å². The Kier molecular flexibility index (Phi) is 3.61. The molecule has 1 fully saturated rings. The fourth-order valence-corrected chi connectivity index (χ4v) is 3.84. The molecule has 1 amide bonds. The molecule has 0 spiro atoms. The van der Waals surface area contributed by atoms with E-state index in [9.17, 15) is 13.2 Å². The van der Waals surface area contributed by atoms with Crippen LogP contribution in [0.2, 0.25) is 5.02 Å². The van der Waals surface area contributed by atoms with Crippen LogP contribution in [-0.4, -0.2) is 31.2 Å². The summed E-state index contributed by atoms with van der Waals surface area (Å²) in [4.78, 5) is 11.4. The molecular weight excluding hydrogens is 276 g/mol. The second-order valence-electron chi connectivity index (χ2n) is 4.13. The third-order valence-corrected chi connectivity index (χ3v) is 5.13. The highest BCUT2D eigenvalue weighted by Gasteiger charge is 2.38. The van der Waals surface area contributed by atoms with E-state index in [2.05, 4.69) is 0 Å². The zero-order chi connectivity index (χ0) is 13.3. The van der Waals surface area contributed by atoms with Crippen LogP contribution in [0.4, 0.5) is 0 Å². The van der Waals surface area contributed by atoms with E-state index in [4.69, 9.17) is 17.3 Å². The van der Waals surface area contributed by atoms with E-state index >= 15 is 0 Å². The Hall–Kier alpha value is -1.11. The Morgan fingerprint density at radius 3 is 2.50 bits per heavy atom. The molecule has 0 aliphatic carbocycles. The van der Waals surface area contributed by atoms with E-state index in [1.54, 1.807) is 0 Å². The van der Waals surface area contributed by atoms with E-state index < -0.39 is 22.0 Å². The number of benzene rings is 1. The van der Waals surface area contributed by atoms with E-state index in [0.717, 1.165) is 0 Å². The number of nitrogens with two attached hydrogens (primary N) is 1. The molecule has 1 saturated heterocycles. The van der Waals surface area contributed by atoms with Crippen LogP contribution in [0.15, 0.2) is 29.2 Å². The number of nitrogens with zero attached hydrogens (tertiary/aromatic N) is 1. The molecule has 2 rings (SSSR count). The van der Waals surface area contributed by atoms with Gasteiger partial charge in [-0.25, -0.2) is 8.42 Å². The zero-order valence-electron chi connectivity index (χ0n) is 9.54. The maximum absolute atomic E-state index is 12.3. The molecule has 1 atom stereocenters. The lowest BCUT2D eigenvalue weighted by Crippen LogP contribution is -2.43. The number of amides is 1. The second kappa shape index (κ2) is 4.87. The largest absolute Gasteiger partial charge is 0.368 e. The van der Waals surface area contributed by atoms with Crippen LogP contribution < -0.4 is 5.73 Å². The van der Waals surface area contributed by atoms with Gasteiger partial charge in [-0.3, -0.25) is 4.79 Å². The van der Waals surface area contributed by atoms with Crippen LogP contribution in [0.5, 0.6) is 0 Å². The quantitative estimate of drug-likeness (QED) is 0.900. The van der Waals surface area contributed by atoms with E-state index in [1.807, 2.05) is 0 Å². The van der Waals surface area contributed by atoms with Gasteiger partial charge in [0.15, 0.2) is 0 Å². The SMILES string of the molecule is NC(=O)[C@@H]1CCCN1S(=O)(=O)c1ccc(Cl)cc1. The van der Waals surface area contributed by atoms with Crippen molar-refractivity contribution in [2.24, 2.45) is 5.73 Å². The first kappa shape index (κ1) is 13.3. The Balaban J connectivity index is 2.36. The summed E-state index contributed by atoms with van der Waals surface area (Å²) >= 11 is 5.72. The number of primary amides is 1. The van der Waals surface area contributed by atoms with Crippen LogP contribution in [0.3, 0.4) is 0 Å². The predicted molar refractivity (Wildman–Crippen MR) is 67.6 cm³/mol. The van der Waals surface area contributed by atoms with Gasteiger partial charge in [-0.1, -0.05) is 11.6 Å². The molecule has 1 aromatic carbocycles. The van der Waals surface area contributed by atoms with Crippen molar-refractivity contribution >= 4 is 27.5 Å². The number of sulfonamides is 1. The van der Waals surface area contributed by atoms with Crippen molar-refractivity contribution in [1.29, 1.82) is 0 Å². The van der Waals surface area contributed by atoms with Crippen LogP contribution >= 0.6 is 11.6 Å². The van der Waals surface area contributed by atoms with E-state index in [0.29, 0.717) is 24.4 Å². The first-order valence-electron chi connectivity index (χ1n) is 5.49. The first-order valence-corrected chi connectivity index (χ1v) is 7.31. The highest BCUT2D eigenvalue weighted by Crippen LogP contribution is 2.26. The third kappa shape index (κ3) is 2.36. The summed E-state index contributed by atoms with van der Waals surface area (Å²) < 4.78 is 25.8. The van der Waals surface area contributed by atoms with E-state index in [1.165, 1.54) is 28.6 Å². The van der Waals surface area contributed by atoms with E-state index in [-0.39, 0.29) is 4.90 Å². The number of hydrogen-bond donors (Lipinski definition) is 1. The molecule has 5 nitrogen and oxygen atoms in total. The Morgan fingerprint density at radius 1 is 1.33 bits per heavy atom. The van der Waals surface area contributed by atoms with Gasteiger partial charge in [0.05, 0.1) is 4.90 Å². The lowest BCUT2D eigenvalue weighted by atomic mass is 10.2. The number of hydrogen-bond acceptors (Lipinski definition) is 3. The van der Waals surface area contributed by atoms with Gasteiger partial charge in [0.2, 0.25) is 15.9 Å². The molecule has 0 unspecified atom stereocenters. The lowest BCUT2D eigenvalue weighted by Gasteiger charge is -2.21. The minimum Gasteiger partial charge on any atom is -0.368 e. The summed E-state index contributed by atoms with van der Waals surface area (Å²) in [6.45, 7) is 0.318. The number of carbonyl (C=O) groups excluding carboxylic acids is 1. The minimum absolute atomic E-state index is 0.125. The summed E-state index contributed by atoms with van der Waals surface area (Å²) in [5, 5.41) is 0.460. The predicted octanol–water partition coefficient (Wildman–Crippen LogP) is 0.978. The van der Waals surface area contributed by atoms with Crippen molar-refractivity contribution in [3.05, 3.63) is 29.3 Å². The Labute approximate surface area is 111 Å². The van der Waals surface area contributed by atoms with Crippen LogP contribution in [0.25, 0.3) is 0 Å². The molecule has 0 saturated carbocycles. The molecule has 1 heterocycles. The minimum atomic E-state index is -3.68. The molecule has 2 N–H and O–H groups in total. The zero-order valence-corrected chi connectivity index (χ0v) is 11.1. The van der Waals surface area contributed by atoms with Crippen molar-refractivity contribution in [1.82, 2.24) is 4.31 Å². The highest BCUT2D eigenvalue weighted by atomic mass is 35.5. The highest BCUT2D eigenvalue weighted by molar-refractivity contribution is 7.89. The van der Waals surface area contributed by atoms with Crippen molar-refractivity contribution in [3.8, 4) is 0 Å². The average molecular weight is 289 g/mol. The van der Waals surface area contributed by atoms with Crippen LogP contribution in [0.1, 0.15) is 12.8 Å². The molecule has 0 aromatic heterocycles. The molecular formula is C11H13ClN2O3S. The van der Waals surface area contributed by atoms with Gasteiger partial charge in [-0.05, 0) is 37.1 Å². The normalized spacial score (nSPS) is 21.1. The molecule has 1 aliphatic heterocycles. The van der Waals surface area contributed by atoms with Gasteiger partial charge >= 0.3 is 0 Å². The summed E-state index contributed by atoms with van der Waals surface area (Å²) in [5.74, 6) is -0.606. The van der Waals surface area contributed by atoms with Gasteiger partial charge in [-0.2, -0.15) is 4.31 Å². The molecule has 0 bridgehead atoms. The summed E-state index contributed by atoms with van der Waals surface area (Å²) in [6, 6.07) is 5.11. The lowest BCUT2D eigenvalue weighted by molar-refractivity contribution is -0.121. The number of halogens is 1. The van der Waals surface area contributed by atoms with Crippen LogP contribution in [-0.2, 0) is 14.8 Å². The van der Waals surface area contributed by atoms with Gasteiger partial charge in [0.25, 0.3) is 0 Å². The number of carbonyl (C=O) groups is 1. The maximum Gasteiger partial charge on any atom is 0.243 e. The standard InChI is InChI=1S/C11H13ClN2O3S/c12-8-3-5-9(6-4-8)18(16,17)14-7-1-2-10(14)11(13)15/h3-6,10H,1-2,7H2,(H2,13,15)/t10-/m0/s1. The monoisotopic (exact) mass is 288 g/mol. The molecule has 1 aromatic rings. The fraction of sp³-hybridized carbons (Fsp3) is 0.364. The second-order valence-corrected chi connectivity index (χ2v) is 6.46. The van der Waals surface area contributed by atoms with Crippen molar-refractivity contribution < 1.29 is 13.2 Å². The Morgan fingerprint density at radius 2 is 1.94 bits per heavy atom. The summed E-state index contributed by atoms with van der Waals surface area (Å²) in [7, 11) is -3.68. The number of rotatable bonds is 3. The first-order chi connectivity index (χ1) is 8.43. The summed E-state index contributed by atoms with van der Waals surface area (Å²) in [6.07, 6.45) is 1.11.